The molecule has 6 nitrogen and oxygen atoms in total. The summed E-state index contributed by atoms with van der Waals surface area (Å²) in [6.45, 7) is 6.07. The maximum atomic E-state index is 12.3. The van der Waals surface area contributed by atoms with Crippen molar-refractivity contribution in [1.82, 2.24) is 9.62 Å². The lowest BCUT2D eigenvalue weighted by molar-refractivity contribution is -0.137. The largest absolute Gasteiger partial charge is 0.294 e. The van der Waals surface area contributed by atoms with E-state index in [4.69, 9.17) is 0 Å². The van der Waals surface area contributed by atoms with Gasteiger partial charge in [-0.05, 0) is 27.2 Å². The number of carbonyl (C=O) groups is 2. The van der Waals surface area contributed by atoms with E-state index in [1.807, 2.05) is 0 Å². The van der Waals surface area contributed by atoms with Crippen LogP contribution in [0, 0.1) is 0 Å². The van der Waals surface area contributed by atoms with Gasteiger partial charge in [0.15, 0.2) is 0 Å². The predicted molar refractivity (Wildman–Crippen MR) is 62.6 cm³/mol. The molecule has 1 rings (SSSR count). The first-order valence-corrected chi connectivity index (χ1v) is 6.90. The lowest BCUT2D eigenvalue weighted by atomic mass is 10.2. The zero-order valence-corrected chi connectivity index (χ0v) is 11.3. The highest BCUT2D eigenvalue weighted by Crippen LogP contribution is 2.24. The molecule has 98 valence electrons. The summed E-state index contributed by atoms with van der Waals surface area (Å²) < 4.78 is 24.5. The van der Waals surface area contributed by atoms with Crippen LogP contribution in [0.5, 0.6) is 0 Å². The van der Waals surface area contributed by atoms with Crippen molar-refractivity contribution < 1.29 is 18.0 Å². The first-order valence-electron chi connectivity index (χ1n) is 5.46. The molecule has 0 aromatic carbocycles. The van der Waals surface area contributed by atoms with Crippen LogP contribution in [-0.2, 0) is 19.6 Å². The monoisotopic (exact) mass is 262 g/mol. The van der Waals surface area contributed by atoms with Crippen LogP contribution < -0.4 is 5.32 Å². The van der Waals surface area contributed by atoms with Crippen LogP contribution in [0.4, 0.5) is 0 Å². The van der Waals surface area contributed by atoms with E-state index in [0.29, 0.717) is 6.42 Å². The number of nitrogens with one attached hydrogen (secondary N) is 1. The standard InChI is InChI=1S/C10H18N2O4S/c1-5-7-9(14)11-8(13)6-12(7)17(15,16)10(2,3)4/h7H,5-6H2,1-4H3,(H,11,13,14). The number of hydrogen-bond donors (Lipinski definition) is 1. The third kappa shape index (κ3) is 2.50. The van der Waals surface area contributed by atoms with E-state index in [1.165, 1.54) is 0 Å². The third-order valence-electron chi connectivity index (χ3n) is 2.68. The molecule has 1 aliphatic heterocycles. The molecule has 1 N–H and O–H groups in total. The minimum atomic E-state index is -3.67. The van der Waals surface area contributed by atoms with Gasteiger partial charge >= 0.3 is 0 Å². The van der Waals surface area contributed by atoms with Crippen LogP contribution in [-0.4, -0.2) is 41.9 Å². The van der Waals surface area contributed by atoms with Crippen molar-refractivity contribution in [3.8, 4) is 0 Å². The second-order valence-corrected chi connectivity index (χ2v) is 7.64. The normalized spacial score (nSPS) is 23.6. The predicted octanol–water partition coefficient (Wildman–Crippen LogP) is -0.148. The van der Waals surface area contributed by atoms with Crippen LogP contribution in [0.2, 0.25) is 0 Å². The Morgan fingerprint density at radius 2 is 1.88 bits per heavy atom. The van der Waals surface area contributed by atoms with Gasteiger partial charge in [-0.2, -0.15) is 4.31 Å². The van der Waals surface area contributed by atoms with E-state index in [1.54, 1.807) is 27.7 Å². The van der Waals surface area contributed by atoms with Crippen molar-refractivity contribution >= 4 is 21.8 Å². The molecular weight excluding hydrogens is 244 g/mol. The fourth-order valence-electron chi connectivity index (χ4n) is 1.64. The lowest BCUT2D eigenvalue weighted by Crippen LogP contribution is -2.61. The molecule has 0 aliphatic carbocycles. The first-order chi connectivity index (χ1) is 7.61. The zero-order valence-electron chi connectivity index (χ0n) is 10.5. The van der Waals surface area contributed by atoms with Crippen molar-refractivity contribution in [3.05, 3.63) is 0 Å². The Kier molecular flexibility index (Phi) is 3.63. The molecular formula is C10H18N2O4S. The number of amides is 2. The quantitative estimate of drug-likeness (QED) is 0.702. The molecule has 1 fully saturated rings. The van der Waals surface area contributed by atoms with Gasteiger partial charge in [-0.15, -0.1) is 0 Å². The molecule has 1 heterocycles. The number of imide groups is 1. The zero-order chi connectivity index (χ0) is 13.4. The van der Waals surface area contributed by atoms with Crippen molar-refractivity contribution in [2.75, 3.05) is 6.54 Å². The minimum Gasteiger partial charge on any atom is -0.294 e. The van der Waals surface area contributed by atoms with Gasteiger partial charge in [-0.3, -0.25) is 14.9 Å². The van der Waals surface area contributed by atoms with Gasteiger partial charge in [0.1, 0.15) is 6.04 Å². The highest BCUT2D eigenvalue weighted by atomic mass is 32.2. The van der Waals surface area contributed by atoms with E-state index < -0.39 is 32.6 Å². The van der Waals surface area contributed by atoms with Crippen molar-refractivity contribution in [1.29, 1.82) is 0 Å². The van der Waals surface area contributed by atoms with E-state index >= 15 is 0 Å². The second-order valence-electron chi connectivity index (χ2n) is 5.00. The summed E-state index contributed by atoms with van der Waals surface area (Å²) in [5, 5.41) is 2.15. The van der Waals surface area contributed by atoms with E-state index in [-0.39, 0.29) is 6.54 Å². The Morgan fingerprint density at radius 3 is 2.29 bits per heavy atom. The highest BCUT2D eigenvalue weighted by molar-refractivity contribution is 7.90. The SMILES string of the molecule is CCC1C(=O)NC(=O)CN1S(=O)(=O)C(C)(C)C. The number of piperazine rings is 1. The second kappa shape index (κ2) is 4.38. The lowest BCUT2D eigenvalue weighted by Gasteiger charge is -2.36. The van der Waals surface area contributed by atoms with Crippen LogP contribution >= 0.6 is 0 Å². The molecule has 1 atom stereocenters. The number of carbonyl (C=O) groups excluding carboxylic acids is 2. The highest BCUT2D eigenvalue weighted by Gasteiger charge is 2.44. The Hall–Kier alpha value is -0.950. The summed E-state index contributed by atoms with van der Waals surface area (Å²) in [5.41, 5.74) is 0. The average Bonchev–Trinajstić information content (AvgIpc) is 2.14. The third-order valence-corrected chi connectivity index (χ3v) is 5.23. The molecule has 1 saturated heterocycles. The summed E-state index contributed by atoms with van der Waals surface area (Å²) >= 11 is 0. The number of rotatable bonds is 2. The molecule has 1 aliphatic rings. The summed E-state index contributed by atoms with van der Waals surface area (Å²) in [6, 6.07) is -0.795. The molecule has 1 unspecified atom stereocenters. The molecule has 0 spiro atoms. The summed E-state index contributed by atoms with van der Waals surface area (Å²) in [7, 11) is -3.67. The van der Waals surface area contributed by atoms with Crippen LogP contribution in [0.3, 0.4) is 0 Å². The molecule has 0 saturated carbocycles. The molecule has 0 bridgehead atoms. The number of nitrogens with zero attached hydrogens (tertiary/aromatic N) is 1. The van der Waals surface area contributed by atoms with Gasteiger partial charge in [0.05, 0.1) is 11.3 Å². The van der Waals surface area contributed by atoms with Crippen molar-refractivity contribution in [3.63, 3.8) is 0 Å². The minimum absolute atomic E-state index is 0.288. The van der Waals surface area contributed by atoms with Gasteiger partial charge in [0.2, 0.25) is 21.8 Å². The molecule has 0 aromatic rings. The Balaban J connectivity index is 3.18. The number of sulfonamides is 1. The first kappa shape index (κ1) is 14.1. The van der Waals surface area contributed by atoms with Crippen LogP contribution in [0.25, 0.3) is 0 Å². The summed E-state index contributed by atoms with van der Waals surface area (Å²) in [5.74, 6) is -1.12. The fourth-order valence-corrected chi connectivity index (χ4v) is 3.21. The van der Waals surface area contributed by atoms with E-state index in [9.17, 15) is 18.0 Å². The van der Waals surface area contributed by atoms with Crippen molar-refractivity contribution in [2.45, 2.75) is 44.9 Å². The summed E-state index contributed by atoms with van der Waals surface area (Å²) in [4.78, 5) is 22.9. The van der Waals surface area contributed by atoms with Gasteiger partial charge < -0.3 is 0 Å². The Morgan fingerprint density at radius 1 is 1.35 bits per heavy atom. The van der Waals surface area contributed by atoms with Gasteiger partial charge in [0.25, 0.3) is 0 Å². The summed E-state index contributed by atoms with van der Waals surface area (Å²) in [6.07, 6.45) is 0.342. The molecule has 7 heteroatoms. The van der Waals surface area contributed by atoms with E-state index in [2.05, 4.69) is 5.32 Å². The number of hydrogen-bond acceptors (Lipinski definition) is 4. The molecule has 0 radical (unpaired) electrons. The Bertz CT molecular complexity index is 436. The molecule has 17 heavy (non-hydrogen) atoms. The fraction of sp³-hybridized carbons (Fsp3) is 0.800. The maximum absolute atomic E-state index is 12.3. The van der Waals surface area contributed by atoms with Crippen LogP contribution in [0.15, 0.2) is 0 Å². The smallest absolute Gasteiger partial charge is 0.245 e. The van der Waals surface area contributed by atoms with Crippen LogP contribution in [0.1, 0.15) is 34.1 Å². The Labute approximate surface area is 101 Å². The average molecular weight is 262 g/mol. The maximum Gasteiger partial charge on any atom is 0.245 e. The van der Waals surface area contributed by atoms with Gasteiger partial charge in [0, 0.05) is 0 Å². The van der Waals surface area contributed by atoms with Crippen molar-refractivity contribution in [2.24, 2.45) is 0 Å². The van der Waals surface area contributed by atoms with Gasteiger partial charge in [-0.1, -0.05) is 6.92 Å². The molecule has 0 aromatic heterocycles. The molecule has 2 amide bonds. The van der Waals surface area contributed by atoms with Gasteiger partial charge in [-0.25, -0.2) is 8.42 Å². The topological polar surface area (TPSA) is 83.6 Å². The van der Waals surface area contributed by atoms with E-state index in [0.717, 1.165) is 4.31 Å².